The molecule has 1 saturated heterocycles. The quantitative estimate of drug-likeness (QED) is 0.812. The summed E-state index contributed by atoms with van der Waals surface area (Å²) in [5.41, 5.74) is 1.58. The molecule has 1 unspecified atom stereocenters. The average Bonchev–Trinajstić information content (AvgIpc) is 2.56. The van der Waals surface area contributed by atoms with Crippen LogP contribution in [0.25, 0.3) is 10.9 Å². The van der Waals surface area contributed by atoms with Gasteiger partial charge in [-0.3, -0.25) is 9.88 Å². The number of carbonyl (C=O) groups excluding carboxylic acids is 1. The first-order valence-corrected chi connectivity index (χ1v) is 7.56. The first kappa shape index (κ1) is 15.8. The summed E-state index contributed by atoms with van der Waals surface area (Å²) in [4.78, 5) is 18.1. The second-order valence-electron chi connectivity index (χ2n) is 5.76. The van der Waals surface area contributed by atoms with Crippen molar-refractivity contribution in [2.24, 2.45) is 0 Å². The Morgan fingerprint density at radius 3 is 3.04 bits per heavy atom. The fraction of sp³-hybridized carbons (Fsp3) is 0.412. The fourth-order valence-electron chi connectivity index (χ4n) is 2.99. The Hall–Kier alpha value is -2.05. The third kappa shape index (κ3) is 3.33. The summed E-state index contributed by atoms with van der Waals surface area (Å²) in [6.45, 7) is 3.64. The number of nitrogens with zero attached hydrogens (tertiary/aromatic N) is 2. The van der Waals surface area contributed by atoms with Crippen molar-refractivity contribution in [1.29, 1.82) is 0 Å². The normalized spacial score (nSPS) is 22.2. The molecule has 0 saturated carbocycles. The van der Waals surface area contributed by atoms with Crippen molar-refractivity contribution >= 4 is 16.9 Å². The minimum Gasteiger partial charge on any atom is -0.467 e. The number of pyridine rings is 1. The minimum absolute atomic E-state index is 0.0764. The Balaban J connectivity index is 1.84. The topological polar surface area (TPSA) is 51.7 Å². The number of morpholine rings is 1. The van der Waals surface area contributed by atoms with Crippen molar-refractivity contribution in [2.45, 2.75) is 25.7 Å². The largest absolute Gasteiger partial charge is 0.467 e. The van der Waals surface area contributed by atoms with Crippen LogP contribution in [0.2, 0.25) is 0 Å². The van der Waals surface area contributed by atoms with Crippen LogP contribution in [0.4, 0.5) is 4.39 Å². The first-order valence-electron chi connectivity index (χ1n) is 7.56. The van der Waals surface area contributed by atoms with E-state index in [1.54, 1.807) is 24.4 Å². The number of carbonyl (C=O) groups is 1. The molecule has 1 aliphatic rings. The number of fused-ring (bicyclic) bond motifs is 1. The van der Waals surface area contributed by atoms with Crippen LogP contribution < -0.4 is 0 Å². The van der Waals surface area contributed by atoms with Crippen LogP contribution in [0.15, 0.2) is 30.5 Å². The lowest BCUT2D eigenvalue weighted by Crippen LogP contribution is -2.49. The number of methoxy groups -OCH3 is 1. The molecule has 3 rings (SSSR count). The van der Waals surface area contributed by atoms with Crippen molar-refractivity contribution in [3.63, 3.8) is 0 Å². The number of hydrogen-bond donors (Lipinski definition) is 0. The fourth-order valence-corrected chi connectivity index (χ4v) is 2.99. The van der Waals surface area contributed by atoms with Gasteiger partial charge in [-0.05, 0) is 30.7 Å². The second kappa shape index (κ2) is 6.60. The van der Waals surface area contributed by atoms with Crippen molar-refractivity contribution in [3.8, 4) is 0 Å². The van der Waals surface area contributed by atoms with E-state index >= 15 is 0 Å². The van der Waals surface area contributed by atoms with Gasteiger partial charge in [0, 0.05) is 31.2 Å². The molecule has 23 heavy (non-hydrogen) atoms. The van der Waals surface area contributed by atoms with Crippen molar-refractivity contribution in [1.82, 2.24) is 9.88 Å². The Kier molecular flexibility index (Phi) is 4.54. The van der Waals surface area contributed by atoms with Gasteiger partial charge < -0.3 is 9.47 Å². The number of benzene rings is 1. The van der Waals surface area contributed by atoms with E-state index in [-0.39, 0.29) is 17.9 Å². The van der Waals surface area contributed by atoms with Gasteiger partial charge in [-0.25, -0.2) is 9.18 Å². The van der Waals surface area contributed by atoms with Crippen molar-refractivity contribution in [3.05, 3.63) is 41.8 Å². The summed E-state index contributed by atoms with van der Waals surface area (Å²) in [6, 6.07) is 6.65. The summed E-state index contributed by atoms with van der Waals surface area (Å²) >= 11 is 0. The van der Waals surface area contributed by atoms with Gasteiger partial charge in [-0.2, -0.15) is 0 Å². The highest BCUT2D eigenvalue weighted by Gasteiger charge is 2.31. The standard InChI is InChI=1S/C17H19FN2O3/c1-11-8-20(10-15(23-11)17(21)22-2)9-12-5-6-14(18)13-4-3-7-19-16(12)13/h3-7,11,15H,8-10H2,1-2H3/t11-,15?/m1/s1. The number of halogens is 1. The van der Waals surface area contributed by atoms with Gasteiger partial charge in [0.25, 0.3) is 0 Å². The van der Waals surface area contributed by atoms with E-state index in [0.29, 0.717) is 30.5 Å². The van der Waals surface area contributed by atoms with E-state index < -0.39 is 6.10 Å². The lowest BCUT2D eigenvalue weighted by molar-refractivity contribution is -0.166. The molecule has 5 nitrogen and oxygen atoms in total. The molecule has 0 radical (unpaired) electrons. The van der Waals surface area contributed by atoms with Crippen LogP contribution in [-0.4, -0.2) is 48.3 Å². The minimum atomic E-state index is -0.594. The van der Waals surface area contributed by atoms with E-state index in [1.807, 2.05) is 6.92 Å². The van der Waals surface area contributed by atoms with Gasteiger partial charge in [-0.15, -0.1) is 0 Å². The van der Waals surface area contributed by atoms with Gasteiger partial charge in [0.15, 0.2) is 6.10 Å². The molecule has 0 bridgehead atoms. The molecule has 2 atom stereocenters. The van der Waals surface area contributed by atoms with E-state index in [9.17, 15) is 9.18 Å². The molecule has 122 valence electrons. The first-order chi connectivity index (χ1) is 11.1. The molecule has 2 heterocycles. The molecule has 0 spiro atoms. The zero-order chi connectivity index (χ0) is 16.4. The molecule has 0 amide bonds. The number of ether oxygens (including phenoxy) is 2. The van der Waals surface area contributed by atoms with Gasteiger partial charge in [0.05, 0.1) is 18.7 Å². The lowest BCUT2D eigenvalue weighted by atomic mass is 10.1. The Morgan fingerprint density at radius 2 is 2.26 bits per heavy atom. The Bertz CT molecular complexity index is 722. The summed E-state index contributed by atoms with van der Waals surface area (Å²) in [5, 5.41) is 0.510. The van der Waals surface area contributed by atoms with Crippen LogP contribution in [0.1, 0.15) is 12.5 Å². The maximum absolute atomic E-state index is 13.9. The smallest absolute Gasteiger partial charge is 0.336 e. The second-order valence-corrected chi connectivity index (χ2v) is 5.76. The number of hydrogen-bond acceptors (Lipinski definition) is 5. The molecular weight excluding hydrogens is 299 g/mol. The summed E-state index contributed by atoms with van der Waals surface area (Å²) in [7, 11) is 1.35. The van der Waals surface area contributed by atoms with E-state index in [2.05, 4.69) is 9.88 Å². The van der Waals surface area contributed by atoms with E-state index in [4.69, 9.17) is 9.47 Å². The van der Waals surface area contributed by atoms with E-state index in [1.165, 1.54) is 13.2 Å². The number of aromatic nitrogens is 1. The van der Waals surface area contributed by atoms with Gasteiger partial charge in [-0.1, -0.05) is 6.07 Å². The third-order valence-corrected chi connectivity index (χ3v) is 3.99. The summed E-state index contributed by atoms with van der Waals surface area (Å²) in [6.07, 6.45) is 0.987. The highest BCUT2D eigenvalue weighted by atomic mass is 19.1. The molecule has 0 aliphatic carbocycles. The molecular formula is C17H19FN2O3. The van der Waals surface area contributed by atoms with Crippen LogP contribution in [-0.2, 0) is 20.8 Å². The van der Waals surface area contributed by atoms with Crippen molar-refractivity contribution < 1.29 is 18.7 Å². The number of esters is 1. The van der Waals surface area contributed by atoms with E-state index in [0.717, 1.165) is 5.56 Å². The zero-order valence-electron chi connectivity index (χ0n) is 13.2. The lowest BCUT2D eigenvalue weighted by Gasteiger charge is -2.35. The predicted molar refractivity (Wildman–Crippen MR) is 83.3 cm³/mol. The SMILES string of the molecule is COC(=O)C1CN(Cc2ccc(F)c3cccnc23)C[C@@H](C)O1. The maximum atomic E-state index is 13.9. The highest BCUT2D eigenvalue weighted by molar-refractivity contribution is 5.82. The molecule has 1 aliphatic heterocycles. The Morgan fingerprint density at radius 1 is 1.43 bits per heavy atom. The Labute approximate surface area is 134 Å². The third-order valence-electron chi connectivity index (χ3n) is 3.99. The monoisotopic (exact) mass is 318 g/mol. The highest BCUT2D eigenvalue weighted by Crippen LogP contribution is 2.22. The summed E-state index contributed by atoms with van der Waals surface area (Å²) < 4.78 is 24.3. The maximum Gasteiger partial charge on any atom is 0.336 e. The molecule has 1 aromatic carbocycles. The number of rotatable bonds is 3. The average molecular weight is 318 g/mol. The molecule has 2 aromatic rings. The van der Waals surface area contributed by atoms with Crippen LogP contribution in [0.5, 0.6) is 0 Å². The van der Waals surface area contributed by atoms with Gasteiger partial charge >= 0.3 is 5.97 Å². The van der Waals surface area contributed by atoms with Gasteiger partial charge in [0.1, 0.15) is 5.82 Å². The molecule has 0 N–H and O–H groups in total. The zero-order valence-corrected chi connectivity index (χ0v) is 13.2. The predicted octanol–water partition coefficient (Wildman–Crippen LogP) is 2.14. The summed E-state index contributed by atoms with van der Waals surface area (Å²) in [5.74, 6) is -0.650. The molecule has 1 fully saturated rings. The van der Waals surface area contributed by atoms with Crippen molar-refractivity contribution in [2.75, 3.05) is 20.2 Å². The van der Waals surface area contributed by atoms with Crippen LogP contribution in [0.3, 0.4) is 0 Å². The van der Waals surface area contributed by atoms with Crippen LogP contribution >= 0.6 is 0 Å². The van der Waals surface area contributed by atoms with Gasteiger partial charge in [0.2, 0.25) is 0 Å². The van der Waals surface area contributed by atoms with Crippen LogP contribution in [0, 0.1) is 5.82 Å². The molecule has 6 heteroatoms. The molecule has 1 aromatic heterocycles.